The van der Waals surface area contributed by atoms with Crippen LogP contribution < -0.4 is 0 Å². The Kier molecular flexibility index (Phi) is 27.9. The van der Waals surface area contributed by atoms with Crippen LogP contribution in [0.3, 0.4) is 0 Å². The minimum atomic E-state index is -0.649. The Morgan fingerprint density at radius 1 is 0.369 bits per heavy atom. The molecule has 0 atom stereocenters. The van der Waals surface area contributed by atoms with Crippen molar-refractivity contribution in [2.45, 2.75) is 6.92 Å². The van der Waals surface area contributed by atoms with Gasteiger partial charge >= 0.3 is 0 Å². The molecule has 5 aromatic heterocycles. The molecule has 425 valence electrons. The van der Waals surface area contributed by atoms with Gasteiger partial charge in [-0.15, -0.1) is 154 Å². The Morgan fingerprint density at radius 2 is 0.964 bits per heavy atom. The van der Waals surface area contributed by atoms with Gasteiger partial charge in [-0.1, -0.05) is 139 Å². The molecule has 0 unspecified atom stereocenters. The molecule has 14 rings (SSSR count). The molecule has 0 saturated heterocycles. The molecule has 0 N–H and O–H groups in total. The summed E-state index contributed by atoms with van der Waals surface area (Å²) >= 11 is 0. The summed E-state index contributed by atoms with van der Waals surface area (Å²) in [5.74, 6) is -1.29. The van der Waals surface area contributed by atoms with E-state index in [1.54, 1.807) is 30.6 Å². The van der Waals surface area contributed by atoms with Gasteiger partial charge in [0.05, 0.1) is 5.52 Å². The molecule has 84 heavy (non-hydrogen) atoms. The van der Waals surface area contributed by atoms with E-state index in [4.69, 9.17) is 4.98 Å². The molecule has 12 heteroatoms. The van der Waals surface area contributed by atoms with Gasteiger partial charge in [-0.3, -0.25) is 13.8 Å². The van der Waals surface area contributed by atoms with Gasteiger partial charge < -0.3 is 19.9 Å². The number of benzene rings is 9. The van der Waals surface area contributed by atoms with Crippen molar-refractivity contribution < 1.29 is 109 Å². The van der Waals surface area contributed by atoms with Gasteiger partial charge in [-0.25, -0.2) is 0 Å². The number of para-hydroxylation sites is 1. The van der Waals surface area contributed by atoms with Crippen LogP contribution in [0.1, 0.15) is 5.56 Å². The SMILES string of the molecule is Cc1cc2ccccc2nc1-c1[c-]cccc1.Fc1c[c-]c(-c2ccccn2)c(F)c1.[Ir].[Ir].[Ir].[Ir].[Ir].[c-]1ccc(-c2ccccc2)cc1-c1ccccn1.[c-]1cccc2ccc3cccnc3c12.[c-]1ccccc1-c1nccc2ccccc12. The minimum Gasteiger partial charge on any atom is -0.305 e. The minimum absolute atomic E-state index is 0. The summed E-state index contributed by atoms with van der Waals surface area (Å²) in [6, 6.07) is 95.6. The van der Waals surface area contributed by atoms with Crippen molar-refractivity contribution in [1.29, 1.82) is 0 Å². The molecule has 9 aromatic carbocycles. The standard InChI is InChI=1S/C17H12N.C16H12N.C15H10N.C13H8N.C11H6F2N.5Ir/c1-2-7-14(8-3-1)15-9-6-10-16(13-15)17-11-4-5-12-18-17;1-12-11-14-9-5-6-10-15(14)17-16(12)13-7-3-2-4-8-13;1-2-7-13(8-3-1)15-14-9-5-4-6-12(14)10-11-16-15;1-2-6-12-10(4-1)7-8-11-5-3-9-14-13(11)12;12-8-4-5-9(10(13)7-8)11-3-1-2-6-14-11;;;;;/h1-9,11-13H;2-7,9-11H,1H3;1-7,9-11H;1-5,7-9H;1-4,6-7H;;;;;/q5*-1;;;;;. The van der Waals surface area contributed by atoms with E-state index in [0.29, 0.717) is 5.69 Å². The first kappa shape index (κ1) is 67.7. The number of hydrogen-bond acceptors (Lipinski definition) is 5. The van der Waals surface area contributed by atoms with Crippen molar-refractivity contribution in [3.05, 3.63) is 321 Å². The van der Waals surface area contributed by atoms with E-state index in [0.717, 1.165) is 62.3 Å². The molecule has 5 nitrogen and oxygen atoms in total. The maximum absolute atomic E-state index is 13.2. The Balaban J connectivity index is 0.000000190. The molecule has 0 aliphatic heterocycles. The fourth-order valence-electron chi connectivity index (χ4n) is 8.74. The third kappa shape index (κ3) is 18.0. The monoisotopic (exact) mass is 1990 g/mol. The molecule has 0 aliphatic carbocycles. The number of halogens is 2. The molecule has 0 saturated carbocycles. The predicted molar refractivity (Wildman–Crippen MR) is 317 cm³/mol. The molecule has 0 amide bonds. The van der Waals surface area contributed by atoms with Crippen LogP contribution in [0.25, 0.3) is 99.5 Å². The summed E-state index contributed by atoms with van der Waals surface area (Å²) < 4.78 is 25.8. The topological polar surface area (TPSA) is 64.5 Å². The molecule has 0 spiro atoms. The van der Waals surface area contributed by atoms with E-state index < -0.39 is 11.6 Å². The summed E-state index contributed by atoms with van der Waals surface area (Å²) in [7, 11) is 0. The molecule has 0 bridgehead atoms. The number of nitrogens with zero attached hydrogens (tertiary/aromatic N) is 5. The summed E-state index contributed by atoms with van der Waals surface area (Å²) in [4.78, 5) is 21.8. The number of rotatable bonds is 5. The largest absolute Gasteiger partial charge is 0.305 e. The normalized spacial score (nSPS) is 9.85. The Labute approximate surface area is 556 Å². The first-order valence-electron chi connectivity index (χ1n) is 25.5. The first-order chi connectivity index (χ1) is 38.9. The average molecular weight is 1980 g/mol. The number of pyridine rings is 5. The molecule has 14 aromatic rings. The van der Waals surface area contributed by atoms with Crippen LogP contribution >= 0.6 is 0 Å². The van der Waals surface area contributed by atoms with E-state index in [1.807, 2.05) is 158 Å². The Hall–Kier alpha value is -7.12. The number of hydrogen-bond donors (Lipinski definition) is 0. The third-order valence-electron chi connectivity index (χ3n) is 12.6. The van der Waals surface area contributed by atoms with Gasteiger partial charge in [-0.05, 0) is 92.7 Å². The van der Waals surface area contributed by atoms with Crippen molar-refractivity contribution in [3.63, 3.8) is 0 Å². The summed E-state index contributed by atoms with van der Waals surface area (Å²) in [5.41, 5.74) is 12.4. The van der Waals surface area contributed by atoms with Crippen LogP contribution in [0.15, 0.2) is 274 Å². The predicted octanol–water partition coefficient (Wildman–Crippen LogP) is 17.9. The van der Waals surface area contributed by atoms with E-state index in [9.17, 15) is 8.78 Å². The van der Waals surface area contributed by atoms with Crippen molar-refractivity contribution in [1.82, 2.24) is 24.9 Å². The molecule has 5 heterocycles. The number of aryl methyl sites for hydroxylation is 1. The fourth-order valence-corrected chi connectivity index (χ4v) is 8.74. The van der Waals surface area contributed by atoms with Crippen LogP contribution in [0.4, 0.5) is 8.78 Å². The Morgan fingerprint density at radius 3 is 1.67 bits per heavy atom. The van der Waals surface area contributed by atoms with Crippen molar-refractivity contribution in [3.8, 4) is 56.2 Å². The Bertz CT molecular complexity index is 4130. The fraction of sp³-hybridized carbons (Fsp3) is 0.0139. The maximum Gasteiger partial charge on any atom is 0.0595 e. The van der Waals surface area contributed by atoms with Gasteiger partial charge in [0, 0.05) is 137 Å². The van der Waals surface area contributed by atoms with E-state index >= 15 is 0 Å². The van der Waals surface area contributed by atoms with Crippen LogP contribution in [0.5, 0.6) is 0 Å². The van der Waals surface area contributed by atoms with Gasteiger partial charge in [0.2, 0.25) is 0 Å². The average Bonchev–Trinajstić information content (AvgIpc) is 3.31. The number of aromatic nitrogens is 5. The van der Waals surface area contributed by atoms with Gasteiger partial charge in [0.1, 0.15) is 0 Å². The van der Waals surface area contributed by atoms with Crippen molar-refractivity contribution in [2.75, 3.05) is 0 Å². The van der Waals surface area contributed by atoms with Gasteiger partial charge in [0.25, 0.3) is 0 Å². The van der Waals surface area contributed by atoms with Crippen LogP contribution in [-0.4, -0.2) is 24.9 Å². The molecular weight excluding hydrogens is 1930 g/mol. The van der Waals surface area contributed by atoms with Crippen LogP contribution in [-0.2, 0) is 101 Å². The quantitative estimate of drug-likeness (QED) is 0.127. The van der Waals surface area contributed by atoms with Gasteiger partial charge in [-0.2, -0.15) is 0 Å². The second kappa shape index (κ2) is 34.6. The van der Waals surface area contributed by atoms with Crippen LogP contribution in [0, 0.1) is 48.9 Å². The molecule has 5 radical (unpaired) electrons. The summed E-state index contributed by atoms with van der Waals surface area (Å²) in [6.07, 6.45) is 7.02. The third-order valence-corrected chi connectivity index (χ3v) is 12.6. The zero-order valence-corrected chi connectivity index (χ0v) is 56.6. The molecule has 0 fully saturated rings. The van der Waals surface area contributed by atoms with E-state index in [2.05, 4.69) is 130 Å². The van der Waals surface area contributed by atoms with E-state index in [1.165, 1.54) is 43.6 Å². The van der Waals surface area contributed by atoms with Gasteiger partial charge in [0.15, 0.2) is 0 Å². The molecular formula is C72H48F2Ir5N5-5. The first-order valence-corrected chi connectivity index (χ1v) is 25.5. The zero-order chi connectivity index (χ0) is 54.0. The van der Waals surface area contributed by atoms with Crippen molar-refractivity contribution >= 4 is 43.4 Å². The smallest absolute Gasteiger partial charge is 0.0595 e. The maximum atomic E-state index is 13.2. The number of fused-ring (bicyclic) bond motifs is 5. The second-order valence-electron chi connectivity index (χ2n) is 17.9. The molecule has 0 aliphatic rings. The summed E-state index contributed by atoms with van der Waals surface area (Å²) in [6.45, 7) is 2.09. The summed E-state index contributed by atoms with van der Waals surface area (Å²) in [5, 5.41) is 7.04. The van der Waals surface area contributed by atoms with Crippen molar-refractivity contribution in [2.24, 2.45) is 0 Å². The zero-order valence-electron chi connectivity index (χ0n) is 44.6. The van der Waals surface area contributed by atoms with Crippen LogP contribution in [0.2, 0.25) is 0 Å². The van der Waals surface area contributed by atoms with E-state index in [-0.39, 0.29) is 106 Å². The second-order valence-corrected chi connectivity index (χ2v) is 17.9.